The Balaban J connectivity index is 2.23. The van der Waals surface area contributed by atoms with Crippen molar-refractivity contribution in [3.05, 3.63) is 12.7 Å². The van der Waals surface area contributed by atoms with E-state index in [2.05, 4.69) is 30.8 Å². The quantitative estimate of drug-likeness (QED) is 0.570. The number of anilines is 2. The number of nitrogens with zero attached hydrogens (tertiary/aromatic N) is 8. The van der Waals surface area contributed by atoms with Gasteiger partial charge in [-0.3, -0.25) is 0 Å². The highest BCUT2D eigenvalue weighted by molar-refractivity contribution is 5.13. The summed E-state index contributed by atoms with van der Waals surface area (Å²) in [7, 11) is 0. The molecule has 4 N–H and O–H groups in total. The van der Waals surface area contributed by atoms with Gasteiger partial charge in [-0.2, -0.15) is 9.35 Å². The lowest BCUT2D eigenvalue weighted by molar-refractivity contribution is 0.694. The molecule has 0 aliphatic heterocycles. The number of rotatable bonds is 2. The first-order valence-electron chi connectivity index (χ1n) is 3.50. The summed E-state index contributed by atoms with van der Waals surface area (Å²) < 4.78 is 2.36. The predicted octanol–water partition coefficient (Wildman–Crippen LogP) is -1.29. The SMILES string of the molecule is Nc1nncn1N=Nn1cnnc1N. The summed E-state index contributed by atoms with van der Waals surface area (Å²) in [6, 6.07) is 0. The van der Waals surface area contributed by atoms with Crippen LogP contribution in [0.25, 0.3) is 0 Å². The molecule has 0 amide bonds. The third-order valence-corrected chi connectivity index (χ3v) is 1.34. The predicted molar refractivity (Wildman–Crippen MR) is 44.5 cm³/mol. The first kappa shape index (κ1) is 8.10. The van der Waals surface area contributed by atoms with E-state index >= 15 is 0 Å². The van der Waals surface area contributed by atoms with Crippen molar-refractivity contribution in [2.45, 2.75) is 0 Å². The van der Waals surface area contributed by atoms with Crippen molar-refractivity contribution in [1.29, 1.82) is 0 Å². The highest BCUT2D eigenvalue weighted by Crippen LogP contribution is 1.98. The second-order valence-electron chi connectivity index (χ2n) is 2.25. The van der Waals surface area contributed by atoms with Gasteiger partial charge in [0.25, 0.3) is 0 Å². The van der Waals surface area contributed by atoms with Crippen molar-refractivity contribution < 1.29 is 0 Å². The molecule has 2 rings (SSSR count). The molecule has 14 heavy (non-hydrogen) atoms. The van der Waals surface area contributed by atoms with Gasteiger partial charge >= 0.3 is 0 Å². The largest absolute Gasteiger partial charge is 0.366 e. The average molecular weight is 194 g/mol. The Labute approximate surface area is 77.2 Å². The molecule has 0 saturated carbocycles. The van der Waals surface area contributed by atoms with Gasteiger partial charge in [0.1, 0.15) is 12.7 Å². The van der Waals surface area contributed by atoms with Crippen LogP contribution in [0.3, 0.4) is 0 Å². The zero-order chi connectivity index (χ0) is 9.97. The lowest BCUT2D eigenvalue weighted by Gasteiger charge is -1.92. The molecule has 0 aliphatic rings. The van der Waals surface area contributed by atoms with Gasteiger partial charge in [-0.15, -0.1) is 20.4 Å². The van der Waals surface area contributed by atoms with E-state index in [1.807, 2.05) is 0 Å². The molecule has 0 spiro atoms. The average Bonchev–Trinajstić information content (AvgIpc) is 2.72. The van der Waals surface area contributed by atoms with E-state index < -0.39 is 0 Å². The fourth-order valence-corrected chi connectivity index (χ4v) is 0.702. The molecule has 2 aromatic heterocycles. The maximum atomic E-state index is 5.38. The van der Waals surface area contributed by atoms with Gasteiger partial charge in [-0.1, -0.05) is 0 Å². The molecule has 72 valence electrons. The number of nitrogens with two attached hydrogens (primary N) is 2. The molecule has 0 fully saturated rings. The van der Waals surface area contributed by atoms with E-state index in [9.17, 15) is 0 Å². The van der Waals surface area contributed by atoms with Crippen molar-refractivity contribution in [2.24, 2.45) is 10.4 Å². The van der Waals surface area contributed by atoms with Crippen LogP contribution in [-0.2, 0) is 0 Å². The maximum absolute atomic E-state index is 5.38. The van der Waals surface area contributed by atoms with Crippen LogP contribution in [-0.4, -0.2) is 29.7 Å². The number of hydrogen-bond donors (Lipinski definition) is 2. The van der Waals surface area contributed by atoms with Gasteiger partial charge in [0.15, 0.2) is 0 Å². The Morgan fingerprint density at radius 3 is 1.64 bits per heavy atom. The van der Waals surface area contributed by atoms with E-state index in [0.29, 0.717) is 0 Å². The summed E-state index contributed by atoms with van der Waals surface area (Å²) in [6.45, 7) is 0. The molecule has 2 heterocycles. The standard InChI is InChI=1S/C4H6N10/c5-3-9-7-1-13(3)11-12-14-2-8-10-4(14)6/h1-2H,(H2,5,9)(H2,6,10). The normalized spacial score (nSPS) is 11.1. The minimum atomic E-state index is 0.125. The number of nitrogen functional groups attached to an aromatic ring is 2. The Kier molecular flexibility index (Phi) is 1.78. The second-order valence-corrected chi connectivity index (χ2v) is 2.25. The minimum Gasteiger partial charge on any atom is -0.366 e. The summed E-state index contributed by atoms with van der Waals surface area (Å²) in [4.78, 5) is 0. The minimum absolute atomic E-state index is 0.125. The molecule has 0 aliphatic carbocycles. The lowest BCUT2D eigenvalue weighted by atomic mass is 11.1. The molecule has 0 bridgehead atoms. The summed E-state index contributed by atoms with van der Waals surface area (Å²) in [6.07, 6.45) is 2.61. The molecule has 0 atom stereocenters. The third kappa shape index (κ3) is 1.35. The molecule has 2 aromatic rings. The van der Waals surface area contributed by atoms with Crippen LogP contribution in [0, 0.1) is 0 Å². The smallest absolute Gasteiger partial charge is 0.244 e. The van der Waals surface area contributed by atoms with Crippen molar-refractivity contribution in [3.8, 4) is 0 Å². The van der Waals surface area contributed by atoms with Crippen LogP contribution in [0.4, 0.5) is 11.9 Å². The summed E-state index contributed by atoms with van der Waals surface area (Å²) >= 11 is 0. The van der Waals surface area contributed by atoms with Gasteiger partial charge in [0, 0.05) is 0 Å². The van der Waals surface area contributed by atoms with Crippen molar-refractivity contribution in [1.82, 2.24) is 29.7 Å². The first-order valence-corrected chi connectivity index (χ1v) is 3.50. The van der Waals surface area contributed by atoms with Crippen LogP contribution >= 0.6 is 0 Å². The molecular formula is C4H6N10. The van der Waals surface area contributed by atoms with E-state index in [-0.39, 0.29) is 11.9 Å². The summed E-state index contributed by atoms with van der Waals surface area (Å²) in [5.74, 6) is 0.251. The van der Waals surface area contributed by atoms with Gasteiger partial charge in [-0.25, -0.2) is 0 Å². The zero-order valence-electron chi connectivity index (χ0n) is 6.89. The molecule has 10 nitrogen and oxygen atoms in total. The Hall–Kier alpha value is -2.52. The zero-order valence-corrected chi connectivity index (χ0v) is 6.89. The van der Waals surface area contributed by atoms with Crippen molar-refractivity contribution >= 4 is 11.9 Å². The molecule has 10 heteroatoms. The van der Waals surface area contributed by atoms with Crippen LogP contribution in [0.2, 0.25) is 0 Å². The maximum Gasteiger partial charge on any atom is 0.244 e. The molecule has 0 unspecified atom stereocenters. The monoisotopic (exact) mass is 194 g/mol. The van der Waals surface area contributed by atoms with Crippen LogP contribution in [0.1, 0.15) is 0 Å². The molecule has 0 saturated heterocycles. The lowest BCUT2D eigenvalue weighted by Crippen LogP contribution is -1.98. The van der Waals surface area contributed by atoms with Crippen LogP contribution in [0.5, 0.6) is 0 Å². The van der Waals surface area contributed by atoms with E-state index in [1.54, 1.807) is 0 Å². The van der Waals surface area contributed by atoms with Crippen molar-refractivity contribution in [3.63, 3.8) is 0 Å². The summed E-state index contributed by atoms with van der Waals surface area (Å²) in [5, 5.41) is 21.3. The Morgan fingerprint density at radius 1 is 0.929 bits per heavy atom. The molecular weight excluding hydrogens is 188 g/mol. The van der Waals surface area contributed by atoms with Crippen molar-refractivity contribution in [2.75, 3.05) is 11.5 Å². The van der Waals surface area contributed by atoms with Gasteiger partial charge < -0.3 is 11.5 Å². The van der Waals surface area contributed by atoms with E-state index in [4.69, 9.17) is 11.5 Å². The second kappa shape index (κ2) is 3.08. The molecule has 0 radical (unpaired) electrons. The fraction of sp³-hybridized carbons (Fsp3) is 0. The van der Waals surface area contributed by atoms with Crippen LogP contribution in [0.15, 0.2) is 23.1 Å². The first-order chi connectivity index (χ1) is 6.77. The summed E-state index contributed by atoms with van der Waals surface area (Å²) in [5.41, 5.74) is 10.8. The fourth-order valence-electron chi connectivity index (χ4n) is 0.702. The topological polar surface area (TPSA) is 138 Å². The van der Waals surface area contributed by atoms with Gasteiger partial charge in [0.05, 0.1) is 0 Å². The highest BCUT2D eigenvalue weighted by Gasteiger charge is 1.98. The van der Waals surface area contributed by atoms with Gasteiger partial charge in [-0.05, 0) is 10.4 Å². The molecule has 0 aromatic carbocycles. The number of hydrogen-bond acceptors (Lipinski definition) is 8. The van der Waals surface area contributed by atoms with Crippen LogP contribution < -0.4 is 11.5 Å². The van der Waals surface area contributed by atoms with E-state index in [0.717, 1.165) is 0 Å². The van der Waals surface area contributed by atoms with Gasteiger partial charge in [0.2, 0.25) is 11.9 Å². The Morgan fingerprint density at radius 2 is 1.36 bits per heavy atom. The number of aromatic nitrogens is 6. The highest BCUT2D eigenvalue weighted by atomic mass is 15.6. The third-order valence-electron chi connectivity index (χ3n) is 1.34. The van der Waals surface area contributed by atoms with E-state index in [1.165, 1.54) is 22.0 Å². The Bertz CT molecular complexity index is 408.